The molecule has 46 heavy (non-hydrogen) atoms. The van der Waals surface area contributed by atoms with Gasteiger partial charge in [-0.2, -0.15) is 0 Å². The highest BCUT2D eigenvalue weighted by molar-refractivity contribution is 7.92. The van der Waals surface area contributed by atoms with Crippen molar-refractivity contribution in [1.82, 2.24) is 10.6 Å². The number of hydrogen-bond donors (Lipinski definition) is 3. The summed E-state index contributed by atoms with van der Waals surface area (Å²) in [6.45, 7) is 3.52. The maximum Gasteiger partial charge on any atom is 0.251 e. The van der Waals surface area contributed by atoms with Gasteiger partial charge in [0.15, 0.2) is 0 Å². The zero-order valence-electron chi connectivity index (χ0n) is 26.7. The maximum atomic E-state index is 14.0. The van der Waals surface area contributed by atoms with Crippen LogP contribution in [0.3, 0.4) is 0 Å². The van der Waals surface area contributed by atoms with Crippen LogP contribution in [0.4, 0.5) is 5.69 Å². The van der Waals surface area contributed by atoms with Crippen molar-refractivity contribution in [3.63, 3.8) is 0 Å². The van der Waals surface area contributed by atoms with E-state index in [1.807, 2.05) is 79.7 Å². The van der Waals surface area contributed by atoms with Crippen molar-refractivity contribution < 1.29 is 27.9 Å². The van der Waals surface area contributed by atoms with Crippen molar-refractivity contribution in [3.05, 3.63) is 131 Å². The number of sulfonamides is 1. The Bertz CT molecular complexity index is 1730. The summed E-state index contributed by atoms with van der Waals surface area (Å²) in [6, 6.07) is 29.8. The fourth-order valence-corrected chi connectivity index (χ4v) is 5.90. The number of benzene rings is 4. The molecule has 0 fully saturated rings. The fraction of sp³-hybridized carbons (Fsp3) is 0.278. The Labute approximate surface area is 271 Å². The molecule has 0 aliphatic carbocycles. The van der Waals surface area contributed by atoms with Crippen molar-refractivity contribution in [2.24, 2.45) is 0 Å². The number of carbonyl (C=O) groups excluding carboxylic acids is 2. The Hall–Kier alpha value is -4.67. The van der Waals surface area contributed by atoms with E-state index in [0.29, 0.717) is 12.2 Å². The summed E-state index contributed by atoms with van der Waals surface area (Å²) in [5.74, 6) is -0.827. The van der Waals surface area contributed by atoms with Gasteiger partial charge in [-0.3, -0.25) is 13.9 Å². The lowest BCUT2D eigenvalue weighted by atomic mass is 9.83. The highest BCUT2D eigenvalue weighted by Gasteiger charge is 2.30. The third-order valence-electron chi connectivity index (χ3n) is 8.02. The molecule has 3 N–H and O–H groups in total. The summed E-state index contributed by atoms with van der Waals surface area (Å²) in [5.41, 5.74) is 3.04. The summed E-state index contributed by atoms with van der Waals surface area (Å²) in [6.07, 6.45) is 0.611. The van der Waals surface area contributed by atoms with Gasteiger partial charge in [0.05, 0.1) is 31.2 Å². The van der Waals surface area contributed by atoms with Crippen LogP contribution in [0.1, 0.15) is 63.2 Å². The van der Waals surface area contributed by atoms with Crippen molar-refractivity contribution >= 4 is 27.5 Å². The molecular weight excluding hydrogens is 602 g/mol. The topological polar surface area (TPSA) is 125 Å². The van der Waals surface area contributed by atoms with Crippen LogP contribution in [0, 0.1) is 0 Å². The van der Waals surface area contributed by atoms with E-state index in [2.05, 4.69) is 10.6 Å². The molecular formula is C36H41N3O6S. The molecule has 0 spiro atoms. The summed E-state index contributed by atoms with van der Waals surface area (Å²) >= 11 is 0. The van der Waals surface area contributed by atoms with Gasteiger partial charge in [0.1, 0.15) is 5.75 Å². The predicted molar refractivity (Wildman–Crippen MR) is 181 cm³/mol. The first-order valence-electron chi connectivity index (χ1n) is 15.0. The van der Waals surface area contributed by atoms with Gasteiger partial charge in [0.2, 0.25) is 10.0 Å². The SMILES string of the molecule is COc1ccc(C(C(C)O)C(Cc2ccccc2)NC(=O)c2cc(C(=O)NC(C)c3ccccc3)cc(N(C)S(C)(=O)=O)c2)cc1. The second-order valence-electron chi connectivity index (χ2n) is 11.4. The largest absolute Gasteiger partial charge is 0.497 e. The minimum Gasteiger partial charge on any atom is -0.497 e. The van der Waals surface area contributed by atoms with Crippen LogP contribution in [-0.4, -0.2) is 57.9 Å². The van der Waals surface area contributed by atoms with Crippen LogP contribution in [0.15, 0.2) is 103 Å². The molecule has 0 aliphatic rings. The van der Waals surface area contributed by atoms with E-state index in [1.54, 1.807) is 26.2 Å². The van der Waals surface area contributed by atoms with E-state index in [4.69, 9.17) is 4.74 Å². The Morgan fingerprint density at radius 2 is 1.35 bits per heavy atom. The number of amides is 2. The van der Waals surface area contributed by atoms with Gasteiger partial charge in [0.25, 0.3) is 11.8 Å². The maximum absolute atomic E-state index is 14.0. The van der Waals surface area contributed by atoms with Crippen LogP contribution in [0.5, 0.6) is 5.75 Å². The smallest absolute Gasteiger partial charge is 0.251 e. The normalized spacial score (nSPS) is 14.0. The van der Waals surface area contributed by atoms with E-state index < -0.39 is 39.9 Å². The van der Waals surface area contributed by atoms with Gasteiger partial charge in [-0.15, -0.1) is 0 Å². The highest BCUT2D eigenvalue weighted by Crippen LogP contribution is 2.29. The first kappa shape index (κ1) is 34.2. The molecule has 9 nitrogen and oxygen atoms in total. The molecule has 4 atom stereocenters. The Morgan fingerprint density at radius 1 is 0.804 bits per heavy atom. The molecule has 4 rings (SSSR count). The van der Waals surface area contributed by atoms with Crippen molar-refractivity contribution in [1.29, 1.82) is 0 Å². The number of anilines is 1. The molecule has 0 aliphatic heterocycles. The van der Waals surface area contributed by atoms with Gasteiger partial charge in [-0.1, -0.05) is 72.8 Å². The molecule has 10 heteroatoms. The lowest BCUT2D eigenvalue weighted by molar-refractivity contribution is 0.0894. The number of nitrogens with zero attached hydrogens (tertiary/aromatic N) is 1. The zero-order valence-corrected chi connectivity index (χ0v) is 27.5. The molecule has 4 aromatic carbocycles. The Balaban J connectivity index is 1.72. The number of carbonyl (C=O) groups is 2. The molecule has 242 valence electrons. The summed E-state index contributed by atoms with van der Waals surface area (Å²) in [7, 11) is -0.768. The monoisotopic (exact) mass is 643 g/mol. The Kier molecular flexibility index (Phi) is 11.2. The number of ether oxygens (including phenoxy) is 1. The number of aliphatic hydroxyl groups excluding tert-OH is 1. The molecule has 0 saturated carbocycles. The van der Waals surface area contributed by atoms with Crippen LogP contribution < -0.4 is 19.7 Å². The number of hydrogen-bond acceptors (Lipinski definition) is 6. The molecule has 0 heterocycles. The van der Waals surface area contributed by atoms with Gasteiger partial charge in [-0.05, 0) is 67.3 Å². The lowest BCUT2D eigenvalue weighted by Gasteiger charge is -2.31. The van der Waals surface area contributed by atoms with E-state index >= 15 is 0 Å². The molecule has 0 aromatic heterocycles. The zero-order chi connectivity index (χ0) is 33.4. The van der Waals surface area contributed by atoms with E-state index in [-0.39, 0.29) is 22.9 Å². The van der Waals surface area contributed by atoms with Gasteiger partial charge >= 0.3 is 0 Å². The summed E-state index contributed by atoms with van der Waals surface area (Å²) in [5, 5.41) is 17.1. The van der Waals surface area contributed by atoms with Gasteiger partial charge < -0.3 is 20.5 Å². The molecule has 0 saturated heterocycles. The minimum atomic E-state index is -3.71. The second-order valence-corrected chi connectivity index (χ2v) is 13.4. The molecule has 2 amide bonds. The van der Waals surface area contributed by atoms with Crippen LogP contribution >= 0.6 is 0 Å². The van der Waals surface area contributed by atoms with Crippen molar-refractivity contribution in [3.8, 4) is 5.75 Å². The third-order valence-corrected chi connectivity index (χ3v) is 9.22. The predicted octanol–water partition coefficient (Wildman–Crippen LogP) is 5.09. The first-order chi connectivity index (χ1) is 21.9. The average Bonchev–Trinajstić information content (AvgIpc) is 3.04. The number of nitrogens with one attached hydrogen (secondary N) is 2. The van der Waals surface area contributed by atoms with Crippen molar-refractivity contribution in [2.75, 3.05) is 24.7 Å². The summed E-state index contributed by atoms with van der Waals surface area (Å²) in [4.78, 5) is 27.5. The fourth-order valence-electron chi connectivity index (χ4n) is 5.41. The van der Waals surface area contributed by atoms with Crippen LogP contribution in [0.2, 0.25) is 0 Å². The van der Waals surface area contributed by atoms with Crippen LogP contribution in [-0.2, 0) is 16.4 Å². The first-order valence-corrected chi connectivity index (χ1v) is 16.8. The third kappa shape index (κ3) is 8.74. The molecule has 4 aromatic rings. The molecule has 4 unspecified atom stereocenters. The van der Waals surface area contributed by atoms with E-state index in [9.17, 15) is 23.1 Å². The summed E-state index contributed by atoms with van der Waals surface area (Å²) < 4.78 is 31.3. The molecule has 0 bridgehead atoms. The van der Waals surface area contributed by atoms with E-state index in [1.165, 1.54) is 25.2 Å². The number of methoxy groups -OCH3 is 1. The highest BCUT2D eigenvalue weighted by atomic mass is 32.2. The number of aliphatic hydroxyl groups is 1. The molecule has 0 radical (unpaired) electrons. The number of rotatable bonds is 13. The average molecular weight is 644 g/mol. The second kappa shape index (κ2) is 15.1. The van der Waals surface area contributed by atoms with E-state index in [0.717, 1.165) is 27.3 Å². The Morgan fingerprint density at radius 3 is 1.87 bits per heavy atom. The quantitative estimate of drug-likeness (QED) is 0.187. The standard InChI is InChI=1S/C36H41N3O6S/c1-24(27-14-10-7-11-15-27)37-35(41)29-21-30(23-31(22-29)39(3)46(5,43)44)36(42)38-33(20-26-12-8-6-9-13-26)34(25(2)40)28-16-18-32(45-4)19-17-28/h6-19,21-25,33-34,40H,20H2,1-5H3,(H,37,41)(H,38,42). The van der Waals surface area contributed by atoms with Crippen molar-refractivity contribution in [2.45, 2.75) is 44.4 Å². The van der Waals surface area contributed by atoms with Gasteiger partial charge in [-0.25, -0.2) is 8.42 Å². The van der Waals surface area contributed by atoms with Crippen LogP contribution in [0.25, 0.3) is 0 Å². The lowest BCUT2D eigenvalue weighted by Crippen LogP contribution is -2.44. The minimum absolute atomic E-state index is 0.0997. The van der Waals surface area contributed by atoms with Gasteiger partial charge in [0, 0.05) is 30.1 Å².